The minimum atomic E-state index is -1.09. The lowest BCUT2D eigenvalue weighted by atomic mass is 9.92. The Morgan fingerprint density at radius 3 is 2.14 bits per heavy atom. The number of amides is 4. The van der Waals surface area contributed by atoms with Gasteiger partial charge < -0.3 is 20.4 Å². The Morgan fingerprint density at radius 2 is 1.51 bits per heavy atom. The molecule has 4 saturated heterocycles. The van der Waals surface area contributed by atoms with Gasteiger partial charge in [-0.3, -0.25) is 44.4 Å². The molecule has 4 amide bonds. The predicted molar refractivity (Wildman–Crippen MR) is 179 cm³/mol. The maximum absolute atomic E-state index is 15.4. The average Bonchev–Trinajstić information content (AvgIpc) is 3.32. The topological polar surface area (TPSA) is 166 Å². The summed E-state index contributed by atoms with van der Waals surface area (Å²) in [5, 5.41) is 13.3. The smallest absolute Gasteiger partial charge is 0.292 e. The van der Waals surface area contributed by atoms with Gasteiger partial charge in [-0.1, -0.05) is 0 Å². The number of halogens is 1. The van der Waals surface area contributed by atoms with Gasteiger partial charge in [-0.05, 0) is 75.4 Å². The Labute approximate surface area is 283 Å². The minimum absolute atomic E-state index is 0.0255. The molecule has 49 heavy (non-hydrogen) atoms. The molecule has 0 saturated carbocycles. The number of nitro benzene ring substituents is 1. The average molecular weight is 677 g/mol. The second-order valence-corrected chi connectivity index (χ2v) is 13.8. The molecule has 5 heterocycles. The fourth-order valence-corrected chi connectivity index (χ4v) is 8.15. The first-order valence-electron chi connectivity index (χ1n) is 17.1. The number of rotatable bonds is 7. The standard InChI is InChI=1S/C34H41FN8O6/c35-26-18-24-25(34(47)42(33(24)46)29-3-4-31(44)37-32(29)45)19-30(26)41-11-7-22(8-12-41)39-9-5-21(6-10-39)20-38-13-15-40(16-14-38)23-1-2-28(43(48)49)27(36)17-23/h1-2,17-19,21-22,29H,3-16,20,36H2,(H,37,44,45). The number of benzene rings is 2. The zero-order valence-electron chi connectivity index (χ0n) is 27.3. The molecular weight excluding hydrogens is 635 g/mol. The van der Waals surface area contributed by atoms with Crippen molar-refractivity contribution in [2.24, 2.45) is 5.92 Å². The lowest BCUT2D eigenvalue weighted by Crippen LogP contribution is -2.54. The van der Waals surface area contributed by atoms with Crippen LogP contribution in [0.15, 0.2) is 30.3 Å². The number of nitrogens with zero attached hydrogens (tertiary/aromatic N) is 6. The zero-order valence-corrected chi connectivity index (χ0v) is 27.3. The van der Waals surface area contributed by atoms with Crippen molar-refractivity contribution in [2.75, 3.05) is 74.4 Å². The number of hydrogen-bond donors (Lipinski definition) is 2. The fraction of sp³-hybridized carbons (Fsp3) is 0.529. The van der Waals surface area contributed by atoms with Crippen LogP contribution in [0.1, 0.15) is 59.2 Å². The molecule has 7 rings (SSSR count). The number of fused-ring (bicyclic) bond motifs is 1. The van der Waals surface area contributed by atoms with Crippen molar-refractivity contribution in [3.05, 3.63) is 57.4 Å². The van der Waals surface area contributed by atoms with E-state index in [-0.39, 0.29) is 35.3 Å². The molecule has 1 atom stereocenters. The Bertz CT molecular complexity index is 1680. The Balaban J connectivity index is 0.878. The van der Waals surface area contributed by atoms with Gasteiger partial charge in [0.15, 0.2) is 0 Å². The molecule has 3 N–H and O–H groups in total. The third-order valence-electron chi connectivity index (χ3n) is 10.9. The first-order chi connectivity index (χ1) is 23.6. The van der Waals surface area contributed by atoms with Gasteiger partial charge in [0.25, 0.3) is 17.5 Å². The van der Waals surface area contributed by atoms with Crippen LogP contribution in [-0.4, -0.2) is 114 Å². The van der Waals surface area contributed by atoms with Crippen molar-refractivity contribution >= 4 is 46.4 Å². The van der Waals surface area contributed by atoms with E-state index in [4.69, 9.17) is 5.73 Å². The molecule has 0 aromatic heterocycles. The molecule has 4 fully saturated rings. The number of piperazine rings is 1. The number of likely N-dealkylation sites (tertiary alicyclic amines) is 1. The molecule has 0 spiro atoms. The van der Waals surface area contributed by atoms with E-state index in [2.05, 4.69) is 20.0 Å². The summed E-state index contributed by atoms with van der Waals surface area (Å²) in [5.74, 6) is -2.43. The molecule has 2 aromatic carbocycles. The van der Waals surface area contributed by atoms with Crippen molar-refractivity contribution in [2.45, 2.75) is 50.6 Å². The molecule has 0 bridgehead atoms. The molecular formula is C34H41FN8O6. The number of piperidine rings is 3. The van der Waals surface area contributed by atoms with Gasteiger partial charge in [-0.25, -0.2) is 4.39 Å². The van der Waals surface area contributed by atoms with Crippen LogP contribution in [0.5, 0.6) is 0 Å². The van der Waals surface area contributed by atoms with E-state index in [0.29, 0.717) is 30.7 Å². The Hall–Kier alpha value is -4.63. The number of nitro groups is 1. The normalized spacial score (nSPS) is 23.3. The van der Waals surface area contributed by atoms with Crippen molar-refractivity contribution in [3.8, 4) is 0 Å². The lowest BCUT2D eigenvalue weighted by molar-refractivity contribution is -0.383. The number of nitrogen functional groups attached to an aromatic ring is 1. The molecule has 15 heteroatoms. The number of nitrogens with two attached hydrogens (primary N) is 1. The van der Waals surface area contributed by atoms with Crippen LogP contribution < -0.4 is 20.9 Å². The van der Waals surface area contributed by atoms with Gasteiger partial charge in [-0.2, -0.15) is 0 Å². The van der Waals surface area contributed by atoms with Gasteiger partial charge in [0, 0.05) is 70.0 Å². The summed E-state index contributed by atoms with van der Waals surface area (Å²) in [6.45, 7) is 7.93. The lowest BCUT2D eigenvalue weighted by Gasteiger charge is -2.43. The summed E-state index contributed by atoms with van der Waals surface area (Å²) in [4.78, 5) is 71.0. The van der Waals surface area contributed by atoms with E-state index in [0.717, 1.165) is 88.2 Å². The number of nitrogens with one attached hydrogen (secondary N) is 1. The van der Waals surface area contributed by atoms with Crippen LogP contribution in [0.3, 0.4) is 0 Å². The van der Waals surface area contributed by atoms with Gasteiger partial charge in [0.2, 0.25) is 11.8 Å². The summed E-state index contributed by atoms with van der Waals surface area (Å²) >= 11 is 0. The number of anilines is 3. The highest BCUT2D eigenvalue weighted by Crippen LogP contribution is 2.35. The van der Waals surface area contributed by atoms with E-state index in [1.54, 1.807) is 12.1 Å². The minimum Gasteiger partial charge on any atom is -0.393 e. The quantitative estimate of drug-likeness (QED) is 0.191. The van der Waals surface area contributed by atoms with E-state index in [1.165, 1.54) is 12.1 Å². The highest BCUT2D eigenvalue weighted by Gasteiger charge is 2.45. The molecule has 0 radical (unpaired) electrons. The number of imide groups is 2. The van der Waals surface area contributed by atoms with Crippen LogP contribution >= 0.6 is 0 Å². The maximum Gasteiger partial charge on any atom is 0.292 e. The number of carbonyl (C=O) groups excluding carboxylic acids is 4. The van der Waals surface area contributed by atoms with E-state index < -0.39 is 40.4 Å². The van der Waals surface area contributed by atoms with E-state index >= 15 is 4.39 Å². The molecule has 260 valence electrons. The molecule has 2 aromatic rings. The maximum atomic E-state index is 15.4. The third-order valence-corrected chi connectivity index (χ3v) is 10.9. The second kappa shape index (κ2) is 13.3. The Kier molecular flexibility index (Phi) is 8.96. The van der Waals surface area contributed by atoms with Crippen molar-refractivity contribution < 1.29 is 28.5 Å². The number of hydrogen-bond acceptors (Lipinski definition) is 11. The van der Waals surface area contributed by atoms with Crippen LogP contribution in [0.25, 0.3) is 0 Å². The summed E-state index contributed by atoms with van der Waals surface area (Å²) in [6.07, 6.45) is 4.06. The van der Waals surface area contributed by atoms with Crippen molar-refractivity contribution in [1.82, 2.24) is 20.0 Å². The van der Waals surface area contributed by atoms with Crippen molar-refractivity contribution in [1.29, 1.82) is 0 Å². The number of carbonyl (C=O) groups is 4. The monoisotopic (exact) mass is 676 g/mol. The van der Waals surface area contributed by atoms with E-state index in [9.17, 15) is 29.3 Å². The SMILES string of the molecule is Nc1cc(N2CCN(CC3CCN(C4CCN(c5cc6c(cc5F)C(=O)N(C5CCC(=O)NC5=O)C6=O)CC4)CC3)CC2)ccc1[N+](=O)[O-]. The summed E-state index contributed by atoms with van der Waals surface area (Å²) < 4.78 is 15.4. The van der Waals surface area contributed by atoms with Crippen molar-refractivity contribution in [3.63, 3.8) is 0 Å². The molecule has 0 aliphatic carbocycles. The van der Waals surface area contributed by atoms with Crippen LogP contribution in [-0.2, 0) is 9.59 Å². The Morgan fingerprint density at radius 1 is 0.837 bits per heavy atom. The van der Waals surface area contributed by atoms with Gasteiger partial charge in [0.05, 0.1) is 21.7 Å². The molecule has 5 aliphatic rings. The van der Waals surface area contributed by atoms with Gasteiger partial charge in [0.1, 0.15) is 17.5 Å². The first kappa shape index (κ1) is 32.9. The third kappa shape index (κ3) is 6.44. The zero-order chi connectivity index (χ0) is 34.4. The van der Waals surface area contributed by atoms with Crippen LogP contribution in [0.2, 0.25) is 0 Å². The summed E-state index contributed by atoms with van der Waals surface area (Å²) in [7, 11) is 0. The highest BCUT2D eigenvalue weighted by atomic mass is 19.1. The van der Waals surface area contributed by atoms with Gasteiger partial charge in [-0.15, -0.1) is 0 Å². The molecule has 1 unspecified atom stereocenters. The molecule has 5 aliphatic heterocycles. The van der Waals surface area contributed by atoms with Gasteiger partial charge >= 0.3 is 0 Å². The highest BCUT2D eigenvalue weighted by molar-refractivity contribution is 6.23. The van der Waals surface area contributed by atoms with Crippen LogP contribution in [0, 0.1) is 21.8 Å². The second-order valence-electron chi connectivity index (χ2n) is 13.8. The van der Waals surface area contributed by atoms with Crippen LogP contribution in [0.4, 0.5) is 27.1 Å². The summed E-state index contributed by atoms with van der Waals surface area (Å²) in [5.41, 5.74) is 7.27. The van der Waals surface area contributed by atoms with E-state index in [1.807, 2.05) is 4.90 Å². The first-order valence-corrected chi connectivity index (χ1v) is 17.1. The summed E-state index contributed by atoms with van der Waals surface area (Å²) in [6, 6.07) is 6.82. The molecule has 14 nitrogen and oxygen atoms in total. The largest absolute Gasteiger partial charge is 0.393 e. The fourth-order valence-electron chi connectivity index (χ4n) is 8.15. The predicted octanol–water partition coefficient (Wildman–Crippen LogP) is 2.22.